The van der Waals surface area contributed by atoms with E-state index in [1.165, 1.54) is 24.9 Å². The lowest BCUT2D eigenvalue weighted by Gasteiger charge is -2.30. The molecule has 2 unspecified atom stereocenters. The van der Waals surface area contributed by atoms with E-state index in [0.717, 1.165) is 5.56 Å². The summed E-state index contributed by atoms with van der Waals surface area (Å²) in [5.41, 5.74) is 2.29. The zero-order valence-electron chi connectivity index (χ0n) is 11.1. The normalized spacial score (nSPS) is 26.2. The van der Waals surface area contributed by atoms with Gasteiger partial charge in [-0.25, -0.2) is 0 Å². The Balaban J connectivity index is 2.21. The van der Waals surface area contributed by atoms with Crippen molar-refractivity contribution in [3.05, 3.63) is 29.8 Å². The van der Waals surface area contributed by atoms with Crippen LogP contribution < -0.4 is 4.90 Å². The summed E-state index contributed by atoms with van der Waals surface area (Å²) < 4.78 is 0. The van der Waals surface area contributed by atoms with Gasteiger partial charge in [0.1, 0.15) is 0 Å². The van der Waals surface area contributed by atoms with Gasteiger partial charge in [-0.3, -0.25) is 0 Å². The van der Waals surface area contributed by atoms with E-state index in [-0.39, 0.29) is 6.10 Å². The molecule has 1 fully saturated rings. The van der Waals surface area contributed by atoms with Crippen LogP contribution in [0.2, 0.25) is 0 Å². The third-order valence-corrected chi connectivity index (χ3v) is 3.93. The highest BCUT2D eigenvalue weighted by Gasteiger charge is 2.29. The van der Waals surface area contributed by atoms with Crippen LogP contribution in [0.15, 0.2) is 24.3 Å². The molecule has 0 spiro atoms. The molecule has 0 amide bonds. The van der Waals surface area contributed by atoms with Gasteiger partial charge in [-0.2, -0.15) is 0 Å². The summed E-state index contributed by atoms with van der Waals surface area (Å²) in [6, 6.07) is 9.69. The second kappa shape index (κ2) is 5.09. The predicted molar refractivity (Wildman–Crippen MR) is 72.3 cm³/mol. The molecule has 0 aliphatic carbocycles. The number of rotatable bonds is 3. The second-order valence-electron chi connectivity index (χ2n) is 5.16. The fraction of sp³-hybridized carbons (Fsp3) is 0.600. The van der Waals surface area contributed by atoms with Crippen LogP contribution in [0.5, 0.6) is 0 Å². The summed E-state index contributed by atoms with van der Waals surface area (Å²) in [5, 5.41) is 9.52. The molecule has 2 heteroatoms. The average Bonchev–Trinajstić information content (AvgIpc) is 2.70. The third-order valence-electron chi connectivity index (χ3n) is 3.93. The third kappa shape index (κ3) is 2.47. The van der Waals surface area contributed by atoms with Crippen molar-refractivity contribution in [2.75, 3.05) is 4.90 Å². The van der Waals surface area contributed by atoms with Crippen molar-refractivity contribution in [2.45, 2.75) is 58.2 Å². The Morgan fingerprint density at radius 2 is 1.94 bits per heavy atom. The molecule has 1 saturated heterocycles. The van der Waals surface area contributed by atoms with Crippen molar-refractivity contribution < 1.29 is 5.11 Å². The van der Waals surface area contributed by atoms with Crippen LogP contribution in [0, 0.1) is 0 Å². The smallest absolute Gasteiger partial charge is 0.0761 e. The Morgan fingerprint density at radius 3 is 2.47 bits per heavy atom. The van der Waals surface area contributed by atoms with E-state index in [2.05, 4.69) is 30.9 Å². The SMILES string of the molecule is CCC1CCC(C)N1c1ccc([C@@H](C)O)cc1. The fourth-order valence-corrected chi connectivity index (χ4v) is 2.86. The molecule has 0 saturated carbocycles. The summed E-state index contributed by atoms with van der Waals surface area (Å²) in [4.78, 5) is 2.53. The van der Waals surface area contributed by atoms with Gasteiger partial charge in [-0.1, -0.05) is 19.1 Å². The summed E-state index contributed by atoms with van der Waals surface area (Å²) in [7, 11) is 0. The van der Waals surface area contributed by atoms with E-state index in [4.69, 9.17) is 0 Å². The van der Waals surface area contributed by atoms with Crippen LogP contribution in [-0.2, 0) is 0 Å². The average molecular weight is 233 g/mol. The molecule has 1 aromatic carbocycles. The number of nitrogens with zero attached hydrogens (tertiary/aromatic N) is 1. The van der Waals surface area contributed by atoms with Crippen LogP contribution in [0.4, 0.5) is 5.69 Å². The Kier molecular flexibility index (Phi) is 3.72. The van der Waals surface area contributed by atoms with Gasteiger partial charge in [0.05, 0.1) is 6.10 Å². The largest absolute Gasteiger partial charge is 0.389 e. The summed E-state index contributed by atoms with van der Waals surface area (Å²) in [6.45, 7) is 6.38. The molecule has 0 aromatic heterocycles. The van der Waals surface area contributed by atoms with Gasteiger partial charge in [-0.15, -0.1) is 0 Å². The van der Waals surface area contributed by atoms with Gasteiger partial charge >= 0.3 is 0 Å². The van der Waals surface area contributed by atoms with Gasteiger partial charge in [0.25, 0.3) is 0 Å². The Morgan fingerprint density at radius 1 is 1.29 bits per heavy atom. The monoisotopic (exact) mass is 233 g/mol. The highest BCUT2D eigenvalue weighted by atomic mass is 16.3. The minimum Gasteiger partial charge on any atom is -0.389 e. The summed E-state index contributed by atoms with van der Waals surface area (Å²) in [5.74, 6) is 0. The highest BCUT2D eigenvalue weighted by molar-refractivity contribution is 5.50. The molecule has 1 aromatic rings. The molecule has 94 valence electrons. The van der Waals surface area contributed by atoms with Gasteiger partial charge < -0.3 is 10.0 Å². The molecule has 1 heterocycles. The molecular formula is C15H23NO. The molecule has 1 aliphatic rings. The molecule has 1 aliphatic heterocycles. The Labute approximate surface area is 104 Å². The zero-order chi connectivity index (χ0) is 12.4. The van der Waals surface area contributed by atoms with E-state index >= 15 is 0 Å². The molecule has 2 nitrogen and oxygen atoms in total. The van der Waals surface area contributed by atoms with Crippen molar-refractivity contribution in [3.8, 4) is 0 Å². The lowest BCUT2D eigenvalue weighted by molar-refractivity contribution is 0.199. The van der Waals surface area contributed by atoms with Gasteiger partial charge in [0.15, 0.2) is 0 Å². The molecule has 3 atom stereocenters. The fourth-order valence-electron chi connectivity index (χ4n) is 2.86. The lowest BCUT2D eigenvalue weighted by Crippen LogP contribution is -2.33. The first-order valence-electron chi connectivity index (χ1n) is 6.69. The Bertz CT molecular complexity index is 358. The van der Waals surface area contributed by atoms with E-state index in [0.29, 0.717) is 12.1 Å². The first-order chi connectivity index (χ1) is 8.13. The molecule has 0 bridgehead atoms. The maximum absolute atomic E-state index is 9.52. The van der Waals surface area contributed by atoms with Crippen LogP contribution in [0.25, 0.3) is 0 Å². The zero-order valence-corrected chi connectivity index (χ0v) is 11.1. The number of benzene rings is 1. The molecule has 2 rings (SSSR count). The van der Waals surface area contributed by atoms with Gasteiger partial charge in [-0.05, 0) is 50.8 Å². The molecule has 1 N–H and O–H groups in total. The van der Waals surface area contributed by atoms with Crippen molar-refractivity contribution >= 4 is 5.69 Å². The number of hydrogen-bond acceptors (Lipinski definition) is 2. The van der Waals surface area contributed by atoms with Crippen molar-refractivity contribution in [2.24, 2.45) is 0 Å². The number of aliphatic hydroxyl groups is 1. The van der Waals surface area contributed by atoms with Crippen molar-refractivity contribution in [3.63, 3.8) is 0 Å². The van der Waals surface area contributed by atoms with Crippen LogP contribution in [0.1, 0.15) is 51.7 Å². The van der Waals surface area contributed by atoms with Crippen LogP contribution >= 0.6 is 0 Å². The van der Waals surface area contributed by atoms with Crippen LogP contribution in [-0.4, -0.2) is 17.2 Å². The summed E-state index contributed by atoms with van der Waals surface area (Å²) in [6.07, 6.45) is 3.43. The van der Waals surface area contributed by atoms with E-state index in [1.54, 1.807) is 0 Å². The molecule has 17 heavy (non-hydrogen) atoms. The number of aliphatic hydroxyl groups excluding tert-OH is 1. The van der Waals surface area contributed by atoms with E-state index < -0.39 is 0 Å². The quantitative estimate of drug-likeness (QED) is 0.863. The maximum Gasteiger partial charge on any atom is 0.0761 e. The standard InChI is InChI=1S/C15H23NO/c1-4-14-8-5-11(2)16(14)15-9-6-13(7-10-15)12(3)17/h6-7,9-12,14,17H,4-5,8H2,1-3H3/t11?,12-,14?/m1/s1. The predicted octanol–water partition coefficient (Wildman–Crippen LogP) is 3.51. The minimum absolute atomic E-state index is 0.373. The van der Waals surface area contributed by atoms with Crippen LogP contribution in [0.3, 0.4) is 0 Å². The van der Waals surface area contributed by atoms with E-state index in [1.807, 2.05) is 19.1 Å². The lowest BCUT2D eigenvalue weighted by atomic mass is 10.1. The minimum atomic E-state index is -0.373. The first kappa shape index (κ1) is 12.4. The van der Waals surface area contributed by atoms with Crippen molar-refractivity contribution in [1.82, 2.24) is 0 Å². The first-order valence-corrected chi connectivity index (χ1v) is 6.69. The summed E-state index contributed by atoms with van der Waals surface area (Å²) >= 11 is 0. The number of anilines is 1. The highest BCUT2D eigenvalue weighted by Crippen LogP contribution is 2.32. The second-order valence-corrected chi connectivity index (χ2v) is 5.16. The van der Waals surface area contributed by atoms with Gasteiger partial charge in [0, 0.05) is 17.8 Å². The maximum atomic E-state index is 9.52. The van der Waals surface area contributed by atoms with E-state index in [9.17, 15) is 5.11 Å². The van der Waals surface area contributed by atoms with Crippen molar-refractivity contribution in [1.29, 1.82) is 0 Å². The molecule has 0 radical (unpaired) electrons. The number of hydrogen-bond donors (Lipinski definition) is 1. The topological polar surface area (TPSA) is 23.5 Å². The Hall–Kier alpha value is -1.02. The molecular weight excluding hydrogens is 210 g/mol. The van der Waals surface area contributed by atoms with Gasteiger partial charge in [0.2, 0.25) is 0 Å².